The Morgan fingerprint density at radius 3 is 2.90 bits per heavy atom. The average molecular weight is 333 g/mol. The first-order valence-electron chi connectivity index (χ1n) is 7.44. The normalized spacial score (nSPS) is 26.6. The van der Waals surface area contributed by atoms with Crippen LogP contribution in [0.4, 0.5) is 5.69 Å². The molecule has 1 aromatic heterocycles. The maximum Gasteiger partial charge on any atom is 0.0934 e. The number of pyridine rings is 1. The molecule has 1 heterocycles. The van der Waals surface area contributed by atoms with Crippen LogP contribution in [0.2, 0.25) is 0 Å². The van der Waals surface area contributed by atoms with Gasteiger partial charge in [0.1, 0.15) is 0 Å². The van der Waals surface area contributed by atoms with Gasteiger partial charge in [0.05, 0.1) is 11.2 Å². The van der Waals surface area contributed by atoms with Crippen molar-refractivity contribution in [3.05, 3.63) is 34.9 Å². The van der Waals surface area contributed by atoms with Crippen molar-refractivity contribution < 1.29 is 0 Å². The second-order valence-electron chi connectivity index (χ2n) is 6.18. The molecule has 1 fully saturated rings. The van der Waals surface area contributed by atoms with Crippen molar-refractivity contribution >= 4 is 32.5 Å². The number of aromatic nitrogens is 1. The van der Waals surface area contributed by atoms with Crippen LogP contribution < -0.4 is 5.32 Å². The number of hydrogen-bond donors (Lipinski definition) is 1. The van der Waals surface area contributed by atoms with E-state index in [1.807, 2.05) is 6.20 Å². The minimum atomic E-state index is 0.572. The Bertz CT molecular complexity index is 611. The first-order valence-corrected chi connectivity index (χ1v) is 8.23. The van der Waals surface area contributed by atoms with Crippen LogP contribution in [-0.4, -0.2) is 11.0 Å². The number of halogens is 1. The van der Waals surface area contributed by atoms with Gasteiger partial charge in [-0.25, -0.2) is 0 Å². The van der Waals surface area contributed by atoms with Crippen molar-refractivity contribution in [3.8, 4) is 0 Å². The molecule has 1 N–H and O–H groups in total. The number of nitrogens with one attached hydrogen (secondary N) is 1. The SMILES string of the molecule is CC1CCC(Nc2cccc3cc(Br)cnc23)C(C)C1. The monoisotopic (exact) mass is 332 g/mol. The van der Waals surface area contributed by atoms with E-state index < -0.39 is 0 Å². The summed E-state index contributed by atoms with van der Waals surface area (Å²) in [6, 6.07) is 9.07. The smallest absolute Gasteiger partial charge is 0.0934 e. The standard InChI is InChI=1S/C17H21BrN2/c1-11-6-7-15(12(2)8-11)20-16-5-3-4-13-9-14(18)10-19-17(13)16/h3-5,9-12,15,20H,6-8H2,1-2H3. The molecule has 0 radical (unpaired) electrons. The Kier molecular flexibility index (Phi) is 3.97. The molecule has 1 aliphatic carbocycles. The van der Waals surface area contributed by atoms with Crippen molar-refractivity contribution in [2.24, 2.45) is 11.8 Å². The van der Waals surface area contributed by atoms with Gasteiger partial charge in [0.2, 0.25) is 0 Å². The highest BCUT2D eigenvalue weighted by Crippen LogP contribution is 2.32. The van der Waals surface area contributed by atoms with Gasteiger partial charge in [-0.3, -0.25) is 4.98 Å². The summed E-state index contributed by atoms with van der Waals surface area (Å²) in [4.78, 5) is 4.58. The topological polar surface area (TPSA) is 24.9 Å². The number of para-hydroxylation sites is 1. The van der Waals surface area contributed by atoms with Gasteiger partial charge in [-0.05, 0) is 59.2 Å². The molecule has 0 spiro atoms. The van der Waals surface area contributed by atoms with Crippen LogP contribution in [0.25, 0.3) is 10.9 Å². The molecule has 20 heavy (non-hydrogen) atoms. The molecule has 3 heteroatoms. The van der Waals surface area contributed by atoms with Crippen molar-refractivity contribution in [3.63, 3.8) is 0 Å². The number of rotatable bonds is 2. The molecule has 0 saturated heterocycles. The van der Waals surface area contributed by atoms with Crippen LogP contribution in [0.1, 0.15) is 33.1 Å². The summed E-state index contributed by atoms with van der Waals surface area (Å²) < 4.78 is 1.03. The van der Waals surface area contributed by atoms with Gasteiger partial charge in [0, 0.05) is 22.1 Å². The van der Waals surface area contributed by atoms with Gasteiger partial charge in [-0.15, -0.1) is 0 Å². The Balaban J connectivity index is 1.87. The van der Waals surface area contributed by atoms with Crippen LogP contribution in [0.3, 0.4) is 0 Å². The Morgan fingerprint density at radius 2 is 2.10 bits per heavy atom. The molecule has 2 nitrogen and oxygen atoms in total. The molecule has 1 aliphatic rings. The summed E-state index contributed by atoms with van der Waals surface area (Å²) in [6.07, 6.45) is 5.78. The van der Waals surface area contributed by atoms with Crippen LogP contribution in [-0.2, 0) is 0 Å². The fraction of sp³-hybridized carbons (Fsp3) is 0.471. The third kappa shape index (κ3) is 2.83. The lowest BCUT2D eigenvalue weighted by Crippen LogP contribution is -2.33. The predicted molar refractivity (Wildman–Crippen MR) is 89.0 cm³/mol. The summed E-state index contributed by atoms with van der Waals surface area (Å²) in [5.41, 5.74) is 2.24. The van der Waals surface area contributed by atoms with Crippen LogP contribution >= 0.6 is 15.9 Å². The fourth-order valence-electron chi connectivity index (χ4n) is 3.33. The maximum atomic E-state index is 4.58. The quantitative estimate of drug-likeness (QED) is 0.813. The van der Waals surface area contributed by atoms with E-state index in [0.29, 0.717) is 6.04 Å². The maximum absolute atomic E-state index is 4.58. The van der Waals surface area contributed by atoms with Crippen molar-refractivity contribution in [1.82, 2.24) is 4.98 Å². The molecule has 3 unspecified atom stereocenters. The molecule has 3 rings (SSSR count). The molecule has 0 amide bonds. The van der Waals surface area contributed by atoms with E-state index >= 15 is 0 Å². The lowest BCUT2D eigenvalue weighted by Gasteiger charge is -2.34. The van der Waals surface area contributed by atoms with E-state index in [9.17, 15) is 0 Å². The minimum Gasteiger partial charge on any atom is -0.380 e. The molecule has 106 valence electrons. The second kappa shape index (κ2) is 5.72. The average Bonchev–Trinajstić information content (AvgIpc) is 2.41. The molecular weight excluding hydrogens is 312 g/mol. The third-order valence-corrected chi connectivity index (χ3v) is 4.88. The van der Waals surface area contributed by atoms with E-state index in [1.54, 1.807) is 0 Å². The Morgan fingerprint density at radius 1 is 1.25 bits per heavy atom. The van der Waals surface area contributed by atoms with E-state index in [0.717, 1.165) is 21.8 Å². The minimum absolute atomic E-state index is 0.572. The van der Waals surface area contributed by atoms with Crippen molar-refractivity contribution in [2.45, 2.75) is 39.2 Å². The van der Waals surface area contributed by atoms with Gasteiger partial charge >= 0.3 is 0 Å². The van der Waals surface area contributed by atoms with Crippen molar-refractivity contribution in [1.29, 1.82) is 0 Å². The third-order valence-electron chi connectivity index (χ3n) is 4.45. The largest absolute Gasteiger partial charge is 0.380 e. The number of nitrogens with zero attached hydrogens (tertiary/aromatic N) is 1. The first kappa shape index (κ1) is 13.9. The molecule has 1 aromatic carbocycles. The summed E-state index contributed by atoms with van der Waals surface area (Å²) in [7, 11) is 0. The highest BCUT2D eigenvalue weighted by Gasteiger charge is 2.25. The van der Waals surface area contributed by atoms with Crippen LogP contribution in [0, 0.1) is 11.8 Å². The fourth-order valence-corrected chi connectivity index (χ4v) is 3.68. The van der Waals surface area contributed by atoms with Gasteiger partial charge in [-0.2, -0.15) is 0 Å². The zero-order valence-electron chi connectivity index (χ0n) is 12.1. The van der Waals surface area contributed by atoms with Crippen molar-refractivity contribution in [2.75, 3.05) is 5.32 Å². The number of fused-ring (bicyclic) bond motifs is 1. The number of benzene rings is 1. The molecule has 0 aliphatic heterocycles. The van der Waals surface area contributed by atoms with E-state index in [2.05, 4.69) is 64.3 Å². The lowest BCUT2D eigenvalue weighted by molar-refractivity contribution is 0.276. The number of anilines is 1. The van der Waals surface area contributed by atoms with E-state index in [4.69, 9.17) is 0 Å². The number of hydrogen-bond acceptors (Lipinski definition) is 2. The second-order valence-corrected chi connectivity index (χ2v) is 7.09. The Labute approximate surface area is 129 Å². The first-order chi connectivity index (χ1) is 9.63. The van der Waals surface area contributed by atoms with E-state index in [1.165, 1.54) is 30.3 Å². The van der Waals surface area contributed by atoms with Gasteiger partial charge in [0.15, 0.2) is 0 Å². The molecule has 3 atom stereocenters. The molecular formula is C17H21BrN2. The Hall–Kier alpha value is -1.09. The lowest BCUT2D eigenvalue weighted by atomic mass is 9.80. The van der Waals surface area contributed by atoms with Gasteiger partial charge in [-0.1, -0.05) is 26.0 Å². The highest BCUT2D eigenvalue weighted by molar-refractivity contribution is 9.10. The highest BCUT2D eigenvalue weighted by atomic mass is 79.9. The summed E-state index contributed by atoms with van der Waals surface area (Å²) in [5, 5.41) is 4.92. The summed E-state index contributed by atoms with van der Waals surface area (Å²) in [5.74, 6) is 1.59. The molecule has 0 bridgehead atoms. The zero-order chi connectivity index (χ0) is 14.1. The molecule has 2 aromatic rings. The van der Waals surface area contributed by atoms with Crippen LogP contribution in [0.5, 0.6) is 0 Å². The van der Waals surface area contributed by atoms with E-state index in [-0.39, 0.29) is 0 Å². The summed E-state index contributed by atoms with van der Waals surface area (Å²) >= 11 is 3.49. The zero-order valence-corrected chi connectivity index (χ0v) is 13.7. The van der Waals surface area contributed by atoms with Gasteiger partial charge in [0.25, 0.3) is 0 Å². The predicted octanol–water partition coefficient (Wildman–Crippen LogP) is 5.23. The van der Waals surface area contributed by atoms with Crippen LogP contribution in [0.15, 0.2) is 34.9 Å². The van der Waals surface area contributed by atoms with Gasteiger partial charge < -0.3 is 5.32 Å². The summed E-state index contributed by atoms with van der Waals surface area (Å²) in [6.45, 7) is 4.73. The molecule has 1 saturated carbocycles.